The van der Waals surface area contributed by atoms with Crippen LogP contribution in [0.2, 0.25) is 0 Å². The zero-order valence-corrected chi connectivity index (χ0v) is 13.6. The Kier molecular flexibility index (Phi) is 5.26. The van der Waals surface area contributed by atoms with Gasteiger partial charge < -0.3 is 25.3 Å². The zero-order valence-electron chi connectivity index (χ0n) is 13.6. The lowest BCUT2D eigenvalue weighted by atomic mass is 10.1. The van der Waals surface area contributed by atoms with Crippen LogP contribution in [-0.2, 0) is 0 Å². The van der Waals surface area contributed by atoms with Crippen molar-refractivity contribution in [2.75, 3.05) is 26.6 Å². The molecule has 2 amide bonds. The number of methoxy groups -OCH3 is 3. The summed E-state index contributed by atoms with van der Waals surface area (Å²) in [6.07, 6.45) is 0. The largest absolute Gasteiger partial charge is 0.497 e. The second-order valence-corrected chi connectivity index (χ2v) is 4.80. The second-order valence-electron chi connectivity index (χ2n) is 4.80. The number of primary amides is 1. The Bertz CT molecular complexity index is 774. The summed E-state index contributed by atoms with van der Waals surface area (Å²) in [4.78, 5) is 24.0. The van der Waals surface area contributed by atoms with Gasteiger partial charge in [-0.2, -0.15) is 0 Å². The number of amides is 2. The van der Waals surface area contributed by atoms with E-state index in [0.29, 0.717) is 22.8 Å². The normalized spacial score (nSPS) is 9.96. The molecule has 7 heteroatoms. The molecule has 0 spiro atoms. The third kappa shape index (κ3) is 3.57. The Morgan fingerprint density at radius 1 is 0.917 bits per heavy atom. The number of ether oxygens (including phenoxy) is 3. The highest BCUT2D eigenvalue weighted by atomic mass is 16.5. The Labute approximate surface area is 139 Å². The van der Waals surface area contributed by atoms with E-state index in [4.69, 9.17) is 19.9 Å². The average molecular weight is 330 g/mol. The van der Waals surface area contributed by atoms with Gasteiger partial charge in [0.1, 0.15) is 5.75 Å². The molecule has 0 unspecified atom stereocenters. The van der Waals surface area contributed by atoms with Crippen molar-refractivity contribution in [2.24, 2.45) is 5.73 Å². The smallest absolute Gasteiger partial charge is 0.255 e. The van der Waals surface area contributed by atoms with E-state index < -0.39 is 11.8 Å². The number of rotatable bonds is 6. The van der Waals surface area contributed by atoms with Crippen LogP contribution in [0.4, 0.5) is 5.69 Å². The van der Waals surface area contributed by atoms with E-state index in [-0.39, 0.29) is 11.3 Å². The Morgan fingerprint density at radius 3 is 2.21 bits per heavy atom. The van der Waals surface area contributed by atoms with Gasteiger partial charge >= 0.3 is 0 Å². The predicted octanol–water partition coefficient (Wildman–Crippen LogP) is 2.06. The van der Waals surface area contributed by atoms with Crippen molar-refractivity contribution in [1.29, 1.82) is 0 Å². The summed E-state index contributed by atoms with van der Waals surface area (Å²) in [5, 5.41) is 2.66. The molecule has 126 valence electrons. The van der Waals surface area contributed by atoms with Gasteiger partial charge in [-0.15, -0.1) is 0 Å². The number of benzene rings is 2. The van der Waals surface area contributed by atoms with Gasteiger partial charge in [0.05, 0.1) is 32.6 Å². The molecule has 0 bridgehead atoms. The van der Waals surface area contributed by atoms with Crippen LogP contribution >= 0.6 is 0 Å². The lowest BCUT2D eigenvalue weighted by molar-refractivity contribution is 0.100. The first-order valence-electron chi connectivity index (χ1n) is 7.01. The molecule has 0 fully saturated rings. The van der Waals surface area contributed by atoms with Gasteiger partial charge in [0, 0.05) is 11.6 Å². The van der Waals surface area contributed by atoms with Crippen LogP contribution in [0.1, 0.15) is 20.7 Å². The Morgan fingerprint density at radius 2 is 1.62 bits per heavy atom. The maximum atomic E-state index is 12.5. The van der Waals surface area contributed by atoms with E-state index in [2.05, 4.69) is 5.32 Å². The molecule has 0 saturated carbocycles. The molecule has 24 heavy (non-hydrogen) atoms. The van der Waals surface area contributed by atoms with Crippen LogP contribution in [0.3, 0.4) is 0 Å². The Hall–Kier alpha value is -3.22. The molecule has 7 nitrogen and oxygen atoms in total. The molecule has 2 aromatic rings. The van der Waals surface area contributed by atoms with Crippen LogP contribution in [0, 0.1) is 0 Å². The lowest BCUT2D eigenvalue weighted by Gasteiger charge is -2.12. The summed E-state index contributed by atoms with van der Waals surface area (Å²) in [5.74, 6) is 0.341. The molecule has 0 saturated heterocycles. The van der Waals surface area contributed by atoms with E-state index >= 15 is 0 Å². The molecule has 0 radical (unpaired) electrons. The third-order valence-corrected chi connectivity index (χ3v) is 3.39. The summed E-state index contributed by atoms with van der Waals surface area (Å²) in [5.41, 5.74) is 6.13. The van der Waals surface area contributed by atoms with Crippen molar-refractivity contribution in [3.05, 3.63) is 47.5 Å². The van der Waals surface area contributed by atoms with E-state index in [1.165, 1.54) is 39.5 Å². The fourth-order valence-electron chi connectivity index (χ4n) is 2.14. The van der Waals surface area contributed by atoms with Crippen molar-refractivity contribution in [3.63, 3.8) is 0 Å². The summed E-state index contributed by atoms with van der Waals surface area (Å²) in [7, 11) is 4.47. The number of anilines is 1. The molecule has 0 heterocycles. The molecule has 0 aliphatic heterocycles. The van der Waals surface area contributed by atoms with Crippen molar-refractivity contribution < 1.29 is 23.8 Å². The average Bonchev–Trinajstić information content (AvgIpc) is 2.60. The molecule has 2 aromatic carbocycles. The van der Waals surface area contributed by atoms with Gasteiger partial charge in [-0.25, -0.2) is 0 Å². The fraction of sp³-hybridized carbons (Fsp3) is 0.176. The number of carbonyl (C=O) groups excluding carboxylic acids is 2. The molecule has 2 rings (SSSR count). The highest BCUT2D eigenvalue weighted by molar-refractivity contribution is 6.09. The van der Waals surface area contributed by atoms with Gasteiger partial charge in [-0.1, -0.05) is 0 Å². The molecule has 0 aliphatic rings. The quantitative estimate of drug-likeness (QED) is 0.844. The van der Waals surface area contributed by atoms with Gasteiger partial charge in [0.2, 0.25) is 0 Å². The standard InChI is InChI=1S/C17H18N2O5/c1-22-11-5-6-12(16(18)20)13(9-11)19-17(21)10-4-7-14(23-2)15(8-10)24-3/h4-9H,1-3H3,(H2,18,20)(H,19,21). The lowest BCUT2D eigenvalue weighted by Crippen LogP contribution is -2.18. The van der Waals surface area contributed by atoms with E-state index in [1.54, 1.807) is 18.2 Å². The van der Waals surface area contributed by atoms with E-state index in [9.17, 15) is 9.59 Å². The number of carbonyl (C=O) groups is 2. The van der Waals surface area contributed by atoms with Crippen LogP contribution in [-0.4, -0.2) is 33.1 Å². The first-order valence-corrected chi connectivity index (χ1v) is 7.01. The summed E-state index contributed by atoms with van der Waals surface area (Å²) < 4.78 is 15.4. The summed E-state index contributed by atoms with van der Waals surface area (Å²) in [6, 6.07) is 9.35. The van der Waals surface area contributed by atoms with Crippen LogP contribution in [0.25, 0.3) is 0 Å². The first kappa shape index (κ1) is 17.1. The molecule has 0 aromatic heterocycles. The number of hydrogen-bond donors (Lipinski definition) is 2. The van der Waals surface area contributed by atoms with Crippen LogP contribution in [0.15, 0.2) is 36.4 Å². The van der Waals surface area contributed by atoms with E-state index in [1.807, 2.05) is 0 Å². The van der Waals surface area contributed by atoms with E-state index in [0.717, 1.165) is 0 Å². The maximum Gasteiger partial charge on any atom is 0.255 e. The van der Waals surface area contributed by atoms with Crippen LogP contribution < -0.4 is 25.3 Å². The molecule has 3 N–H and O–H groups in total. The topological polar surface area (TPSA) is 99.9 Å². The SMILES string of the molecule is COc1ccc(C(N)=O)c(NC(=O)c2ccc(OC)c(OC)c2)c1. The number of nitrogens with one attached hydrogen (secondary N) is 1. The van der Waals surface area contributed by atoms with Gasteiger partial charge in [0.25, 0.3) is 11.8 Å². The number of hydrogen-bond acceptors (Lipinski definition) is 5. The fourth-order valence-corrected chi connectivity index (χ4v) is 2.14. The highest BCUT2D eigenvalue weighted by Gasteiger charge is 2.15. The molecule has 0 aliphatic carbocycles. The summed E-state index contributed by atoms with van der Waals surface area (Å²) in [6.45, 7) is 0. The highest BCUT2D eigenvalue weighted by Crippen LogP contribution is 2.28. The van der Waals surface area contributed by atoms with Crippen molar-refractivity contribution in [3.8, 4) is 17.2 Å². The zero-order chi connectivity index (χ0) is 17.7. The Balaban J connectivity index is 2.34. The molecular weight excluding hydrogens is 312 g/mol. The molecular formula is C17H18N2O5. The monoisotopic (exact) mass is 330 g/mol. The van der Waals surface area contributed by atoms with Crippen molar-refractivity contribution >= 4 is 17.5 Å². The predicted molar refractivity (Wildman–Crippen MR) is 89.0 cm³/mol. The van der Waals surface area contributed by atoms with Gasteiger partial charge in [-0.05, 0) is 30.3 Å². The van der Waals surface area contributed by atoms with Crippen molar-refractivity contribution in [1.82, 2.24) is 0 Å². The van der Waals surface area contributed by atoms with Gasteiger partial charge in [0.15, 0.2) is 11.5 Å². The second kappa shape index (κ2) is 7.36. The van der Waals surface area contributed by atoms with Gasteiger partial charge in [-0.3, -0.25) is 9.59 Å². The van der Waals surface area contributed by atoms with Crippen LogP contribution in [0.5, 0.6) is 17.2 Å². The summed E-state index contributed by atoms with van der Waals surface area (Å²) >= 11 is 0. The first-order chi connectivity index (χ1) is 11.5. The third-order valence-electron chi connectivity index (χ3n) is 3.39. The minimum Gasteiger partial charge on any atom is -0.497 e. The maximum absolute atomic E-state index is 12.5. The minimum atomic E-state index is -0.653. The molecule has 0 atom stereocenters. The number of nitrogens with two attached hydrogens (primary N) is 1. The van der Waals surface area contributed by atoms with Crippen molar-refractivity contribution in [2.45, 2.75) is 0 Å². The minimum absolute atomic E-state index is 0.185.